The Kier molecular flexibility index (Phi) is 8.03. The van der Waals surface area contributed by atoms with Crippen molar-refractivity contribution in [3.8, 4) is 0 Å². The predicted octanol–water partition coefficient (Wildman–Crippen LogP) is 0.362. The van der Waals surface area contributed by atoms with Gasteiger partial charge in [-0.05, 0) is 29.2 Å². The molecule has 4 N–H and O–H groups in total. The summed E-state index contributed by atoms with van der Waals surface area (Å²) in [5, 5.41) is 25.1. The fourth-order valence-corrected chi connectivity index (χ4v) is 8.18. The van der Waals surface area contributed by atoms with E-state index >= 15 is 0 Å². The Balaban J connectivity index is 1.23. The number of β-lactam (4-membered cyclic amide) rings is 1. The number of carboxylic acids is 1. The first-order valence-corrected chi connectivity index (χ1v) is 15.2. The molecule has 0 bridgehead atoms. The molecule has 14 heteroatoms. The number of hydrogen-bond acceptors (Lipinski definition) is 10. The molecule has 4 aliphatic heterocycles. The number of amides is 2. The molecule has 1 aromatic heterocycles. The van der Waals surface area contributed by atoms with E-state index < -0.39 is 11.9 Å². The second-order valence-corrected chi connectivity index (χ2v) is 14.3. The minimum atomic E-state index is -1.13. The number of carbonyl (C=O) groups excluding carboxylic acids is 3. The van der Waals surface area contributed by atoms with E-state index in [1.807, 2.05) is 34.6 Å². The van der Waals surface area contributed by atoms with Gasteiger partial charge in [0.2, 0.25) is 11.8 Å². The molecule has 4 aliphatic rings. The van der Waals surface area contributed by atoms with Gasteiger partial charge in [0, 0.05) is 53.6 Å². The molecule has 0 radical (unpaired) electrons. The maximum atomic E-state index is 13.3. The van der Waals surface area contributed by atoms with Gasteiger partial charge in [0.25, 0.3) is 0 Å². The molecule has 3 saturated heterocycles. The van der Waals surface area contributed by atoms with Gasteiger partial charge in [0.1, 0.15) is 12.2 Å². The molecule has 0 saturated carbocycles. The normalized spacial score (nSPS) is 30.5. The highest BCUT2D eigenvalue weighted by Gasteiger charge is 2.60. The quantitative estimate of drug-likeness (QED) is 0.340. The first kappa shape index (κ1) is 29.6. The summed E-state index contributed by atoms with van der Waals surface area (Å²) in [5.74, 6) is -1.72. The highest BCUT2D eigenvalue weighted by molar-refractivity contribution is 8.03. The number of nitrogens with one attached hydrogen (secondary N) is 1. The van der Waals surface area contributed by atoms with E-state index in [1.165, 1.54) is 21.3 Å². The lowest BCUT2D eigenvalue weighted by molar-refractivity contribution is -0.160. The first-order valence-electron chi connectivity index (χ1n) is 14.3. The summed E-state index contributed by atoms with van der Waals surface area (Å²) < 4.78 is 1.51. The molecule has 0 aromatic carbocycles. The molecule has 0 aliphatic carbocycles. The van der Waals surface area contributed by atoms with Gasteiger partial charge in [-0.15, -0.1) is 16.9 Å². The van der Waals surface area contributed by atoms with Crippen LogP contribution in [0.2, 0.25) is 0 Å². The molecule has 3 fully saturated rings. The van der Waals surface area contributed by atoms with Crippen molar-refractivity contribution in [1.29, 1.82) is 0 Å². The zero-order valence-corrected chi connectivity index (χ0v) is 25.1. The number of rotatable bonds is 9. The van der Waals surface area contributed by atoms with Crippen molar-refractivity contribution >= 4 is 35.3 Å². The molecule has 41 heavy (non-hydrogen) atoms. The van der Waals surface area contributed by atoms with Crippen molar-refractivity contribution in [1.82, 2.24) is 35.3 Å². The average Bonchev–Trinajstić information content (AvgIpc) is 3.66. The number of hydrogen-bond donors (Lipinski definition) is 3. The fourth-order valence-electron chi connectivity index (χ4n) is 6.70. The minimum absolute atomic E-state index is 0.00609. The van der Waals surface area contributed by atoms with Crippen LogP contribution in [0.4, 0.5) is 0 Å². The number of carbonyl (C=O) groups is 4. The lowest BCUT2D eigenvalue weighted by Gasteiger charge is -2.47. The van der Waals surface area contributed by atoms with E-state index in [4.69, 9.17) is 5.73 Å². The topological polar surface area (TPSA) is 177 Å². The van der Waals surface area contributed by atoms with Crippen molar-refractivity contribution in [3.05, 3.63) is 16.4 Å². The largest absolute Gasteiger partial charge is 0.477 e. The van der Waals surface area contributed by atoms with Crippen LogP contribution in [0.25, 0.3) is 0 Å². The third-order valence-electron chi connectivity index (χ3n) is 8.70. The van der Waals surface area contributed by atoms with Crippen LogP contribution < -0.4 is 11.1 Å². The van der Waals surface area contributed by atoms with Crippen LogP contribution in [0.15, 0.2) is 10.6 Å². The van der Waals surface area contributed by atoms with Gasteiger partial charge in [-0.25, -0.2) is 9.48 Å². The van der Waals surface area contributed by atoms with Gasteiger partial charge in [-0.1, -0.05) is 34.6 Å². The lowest BCUT2D eigenvalue weighted by Crippen LogP contribution is -2.62. The van der Waals surface area contributed by atoms with Gasteiger partial charge in [-0.3, -0.25) is 14.4 Å². The Morgan fingerprint density at radius 2 is 2.00 bits per heavy atom. The average molecular weight is 589 g/mol. The Morgan fingerprint density at radius 3 is 2.63 bits per heavy atom. The van der Waals surface area contributed by atoms with Crippen LogP contribution in [0.1, 0.15) is 59.7 Å². The SMILES string of the molecule is C[C@@H](CC(=O)Cn1nnnc1C(C)(C)C)[C@H]1C(=O)N2C(C(=O)O)=C(S[C@@H]3CN[C@H](C(=O)N4CC[C@H](N)C4)C3)[C@H](C)[C@H]12. The van der Waals surface area contributed by atoms with Crippen LogP contribution in [0.3, 0.4) is 0 Å². The standard InChI is InChI=1S/C27H40N8O5S/c1-13(8-16(36)12-34-26(27(3,4)5)30-31-32-34)19-20-14(2)22(21(25(39)40)35(20)24(19)38)41-17-9-18(29-10-17)23(37)33-7-6-15(28)11-33/h13-15,17-20,29H,6-12,28H2,1-5H3,(H,39,40)/t13-,14+,15-,17-,18-,19+,20+/m0/s1. The van der Waals surface area contributed by atoms with E-state index in [2.05, 4.69) is 20.8 Å². The van der Waals surface area contributed by atoms with Crippen molar-refractivity contribution in [2.75, 3.05) is 19.6 Å². The fraction of sp³-hybridized carbons (Fsp3) is 0.741. The zero-order chi connectivity index (χ0) is 29.8. The number of tetrazole rings is 1. The van der Waals surface area contributed by atoms with Gasteiger partial charge >= 0.3 is 5.97 Å². The number of fused-ring (bicyclic) bond motifs is 1. The molecule has 5 heterocycles. The van der Waals surface area contributed by atoms with Crippen molar-refractivity contribution in [3.63, 3.8) is 0 Å². The zero-order valence-electron chi connectivity index (χ0n) is 24.2. The first-order chi connectivity index (χ1) is 19.3. The van der Waals surface area contributed by atoms with Gasteiger partial charge in [0.15, 0.2) is 11.6 Å². The summed E-state index contributed by atoms with van der Waals surface area (Å²) in [6.07, 6.45) is 1.55. The van der Waals surface area contributed by atoms with Gasteiger partial charge in [0.05, 0.1) is 18.0 Å². The molecule has 13 nitrogen and oxygen atoms in total. The number of nitrogens with zero attached hydrogens (tertiary/aromatic N) is 6. The van der Waals surface area contributed by atoms with Crippen LogP contribution in [0.5, 0.6) is 0 Å². The number of carboxylic acid groups (broad SMARTS) is 1. The molecule has 224 valence electrons. The highest BCUT2D eigenvalue weighted by atomic mass is 32.2. The minimum Gasteiger partial charge on any atom is -0.477 e. The number of aliphatic carboxylic acids is 1. The number of nitrogens with two attached hydrogens (primary N) is 1. The highest BCUT2D eigenvalue weighted by Crippen LogP contribution is 2.53. The Hall–Kier alpha value is -2.84. The number of Topliss-reactive ketones (excluding diaryl/α,β-unsaturated/α-hetero) is 1. The summed E-state index contributed by atoms with van der Waals surface area (Å²) in [7, 11) is 0. The van der Waals surface area contributed by atoms with E-state index in [0.717, 1.165) is 6.42 Å². The monoisotopic (exact) mass is 588 g/mol. The molecule has 5 rings (SSSR count). The molecular formula is C27H40N8O5S. The van der Waals surface area contributed by atoms with Crippen molar-refractivity contribution in [2.24, 2.45) is 23.5 Å². The molecular weight excluding hydrogens is 548 g/mol. The van der Waals surface area contributed by atoms with Crippen molar-refractivity contribution < 1.29 is 24.3 Å². The second-order valence-electron chi connectivity index (χ2n) is 12.9. The summed E-state index contributed by atoms with van der Waals surface area (Å²) in [6, 6.07) is -0.615. The van der Waals surface area contributed by atoms with Crippen LogP contribution in [-0.2, 0) is 31.1 Å². The summed E-state index contributed by atoms with van der Waals surface area (Å²) in [5.41, 5.74) is 5.68. The Bertz CT molecular complexity index is 1270. The third-order valence-corrected chi connectivity index (χ3v) is 10.2. The van der Waals surface area contributed by atoms with Gasteiger partial charge < -0.3 is 26.0 Å². The molecule has 1 aromatic rings. The second kappa shape index (κ2) is 11.1. The number of aromatic nitrogens is 4. The smallest absolute Gasteiger partial charge is 0.353 e. The molecule has 0 spiro atoms. The Labute approximate surface area is 243 Å². The van der Waals surface area contributed by atoms with Gasteiger partial charge in [-0.2, -0.15) is 0 Å². The third kappa shape index (κ3) is 5.53. The maximum absolute atomic E-state index is 13.3. The van der Waals surface area contributed by atoms with Crippen molar-refractivity contribution in [2.45, 2.75) is 89.2 Å². The number of likely N-dealkylation sites (tertiary alicyclic amines) is 1. The number of ketones is 1. The molecule has 7 atom stereocenters. The summed E-state index contributed by atoms with van der Waals surface area (Å²) in [6.45, 7) is 11.6. The maximum Gasteiger partial charge on any atom is 0.353 e. The molecule has 0 unspecified atom stereocenters. The summed E-state index contributed by atoms with van der Waals surface area (Å²) >= 11 is 1.46. The molecule has 2 amide bonds. The summed E-state index contributed by atoms with van der Waals surface area (Å²) in [4.78, 5) is 55.5. The lowest BCUT2D eigenvalue weighted by atomic mass is 9.73. The Morgan fingerprint density at radius 1 is 1.27 bits per heavy atom. The van der Waals surface area contributed by atoms with Crippen LogP contribution in [0, 0.1) is 17.8 Å². The van der Waals surface area contributed by atoms with Crippen LogP contribution >= 0.6 is 11.8 Å². The predicted molar refractivity (Wildman–Crippen MR) is 150 cm³/mol. The van der Waals surface area contributed by atoms with E-state index in [-0.39, 0.29) is 76.9 Å². The van der Waals surface area contributed by atoms with E-state index in [0.29, 0.717) is 36.8 Å². The van der Waals surface area contributed by atoms with E-state index in [9.17, 15) is 24.3 Å². The number of thioether (sulfide) groups is 1. The van der Waals surface area contributed by atoms with E-state index in [1.54, 1.807) is 4.90 Å². The van der Waals surface area contributed by atoms with Crippen LogP contribution in [-0.4, -0.2) is 102 Å².